The molecule has 3 N–H and O–H groups in total. The Balaban J connectivity index is 1.66. The van der Waals surface area contributed by atoms with Crippen molar-refractivity contribution in [2.75, 3.05) is 19.0 Å². The monoisotopic (exact) mass is 352 g/mol. The third-order valence-corrected chi connectivity index (χ3v) is 4.68. The molecule has 0 saturated heterocycles. The molecule has 1 aliphatic rings. The van der Waals surface area contributed by atoms with Crippen LogP contribution >= 0.6 is 0 Å². The lowest BCUT2D eigenvalue weighted by Crippen LogP contribution is -2.25. The van der Waals surface area contributed by atoms with Crippen molar-refractivity contribution in [3.63, 3.8) is 0 Å². The average Bonchev–Trinajstić information content (AvgIpc) is 3.24. The van der Waals surface area contributed by atoms with Crippen molar-refractivity contribution >= 4 is 22.6 Å². The molecular formula is C19H20N4O3. The molecule has 26 heavy (non-hydrogen) atoms. The standard InChI is InChI=1S/C19H20N4O3/c1-3-20-18-14-7-15(17(24)8-16(14)21-22-18)19(25)23-9-11-4-5-13(26-2)6-12(11)10-23/h4-8,24H,3,9-10H2,1-2H3,(H2,20,21,22). The van der Waals surface area contributed by atoms with Gasteiger partial charge in [0.05, 0.1) is 18.2 Å². The summed E-state index contributed by atoms with van der Waals surface area (Å²) in [4.78, 5) is 14.7. The number of fused-ring (bicyclic) bond motifs is 2. The van der Waals surface area contributed by atoms with Gasteiger partial charge >= 0.3 is 0 Å². The molecular weight excluding hydrogens is 332 g/mol. The summed E-state index contributed by atoms with van der Waals surface area (Å²) >= 11 is 0. The van der Waals surface area contributed by atoms with Crippen LogP contribution in [0.1, 0.15) is 28.4 Å². The number of nitrogens with zero attached hydrogens (tertiary/aromatic N) is 2. The number of aromatic amines is 1. The number of H-pyrrole nitrogens is 1. The molecule has 0 radical (unpaired) electrons. The first kappa shape index (κ1) is 16.3. The van der Waals surface area contributed by atoms with Crippen LogP contribution in [0.5, 0.6) is 11.5 Å². The minimum Gasteiger partial charge on any atom is -0.507 e. The zero-order chi connectivity index (χ0) is 18.3. The number of rotatable bonds is 4. The quantitative estimate of drug-likeness (QED) is 0.672. The second-order valence-electron chi connectivity index (χ2n) is 6.31. The average molecular weight is 352 g/mol. The highest BCUT2D eigenvalue weighted by Gasteiger charge is 2.27. The number of phenolic OH excluding ortho intramolecular Hbond substituents is 1. The maximum Gasteiger partial charge on any atom is 0.258 e. The number of methoxy groups -OCH3 is 1. The van der Waals surface area contributed by atoms with Crippen LogP contribution in [0.3, 0.4) is 0 Å². The zero-order valence-electron chi connectivity index (χ0n) is 14.7. The number of aromatic hydroxyl groups is 1. The summed E-state index contributed by atoms with van der Waals surface area (Å²) in [5.74, 6) is 1.19. The molecule has 1 aromatic heterocycles. The van der Waals surface area contributed by atoms with Gasteiger partial charge in [-0.2, -0.15) is 5.10 Å². The van der Waals surface area contributed by atoms with Gasteiger partial charge in [0, 0.05) is 31.1 Å². The third-order valence-electron chi connectivity index (χ3n) is 4.68. The number of carbonyl (C=O) groups is 1. The van der Waals surface area contributed by atoms with Gasteiger partial charge < -0.3 is 20.1 Å². The number of anilines is 1. The number of nitrogens with one attached hydrogen (secondary N) is 2. The maximum absolute atomic E-state index is 13.0. The van der Waals surface area contributed by atoms with E-state index in [-0.39, 0.29) is 17.2 Å². The van der Waals surface area contributed by atoms with Gasteiger partial charge in [0.25, 0.3) is 5.91 Å². The van der Waals surface area contributed by atoms with Gasteiger partial charge in [-0.15, -0.1) is 0 Å². The topological polar surface area (TPSA) is 90.5 Å². The van der Waals surface area contributed by atoms with E-state index in [9.17, 15) is 9.90 Å². The van der Waals surface area contributed by atoms with E-state index in [0.29, 0.717) is 31.0 Å². The largest absolute Gasteiger partial charge is 0.507 e. The summed E-state index contributed by atoms with van der Waals surface area (Å²) in [6.45, 7) is 3.70. The van der Waals surface area contributed by atoms with Crippen molar-refractivity contribution in [1.82, 2.24) is 15.1 Å². The normalized spacial score (nSPS) is 13.1. The molecule has 1 aliphatic heterocycles. The summed E-state index contributed by atoms with van der Waals surface area (Å²) in [6.07, 6.45) is 0. The minimum absolute atomic E-state index is 0.0530. The Morgan fingerprint density at radius 3 is 2.88 bits per heavy atom. The van der Waals surface area contributed by atoms with Crippen molar-refractivity contribution in [3.05, 3.63) is 47.0 Å². The molecule has 0 aliphatic carbocycles. The molecule has 0 saturated carbocycles. The van der Waals surface area contributed by atoms with Crippen molar-refractivity contribution in [1.29, 1.82) is 0 Å². The van der Waals surface area contributed by atoms with E-state index in [2.05, 4.69) is 15.5 Å². The fraction of sp³-hybridized carbons (Fsp3) is 0.263. The number of ether oxygens (including phenoxy) is 1. The number of carbonyl (C=O) groups excluding carboxylic acids is 1. The van der Waals surface area contributed by atoms with Crippen LogP contribution in [0.25, 0.3) is 10.9 Å². The lowest BCUT2D eigenvalue weighted by atomic mass is 10.1. The minimum atomic E-state index is -0.205. The van der Waals surface area contributed by atoms with E-state index in [0.717, 1.165) is 22.3 Å². The molecule has 3 aromatic rings. The highest BCUT2D eigenvalue weighted by atomic mass is 16.5. The molecule has 7 heteroatoms. The van der Waals surface area contributed by atoms with Gasteiger partial charge in [0.1, 0.15) is 11.5 Å². The molecule has 0 atom stereocenters. The van der Waals surface area contributed by atoms with Crippen LogP contribution in [0.2, 0.25) is 0 Å². The van der Waals surface area contributed by atoms with E-state index in [1.165, 1.54) is 0 Å². The van der Waals surface area contributed by atoms with E-state index in [1.54, 1.807) is 24.1 Å². The Hall–Kier alpha value is -3.22. The molecule has 0 spiro atoms. The summed E-state index contributed by atoms with van der Waals surface area (Å²) in [7, 11) is 1.62. The first-order valence-electron chi connectivity index (χ1n) is 8.50. The van der Waals surface area contributed by atoms with Crippen molar-refractivity contribution in [2.24, 2.45) is 0 Å². The van der Waals surface area contributed by atoms with Gasteiger partial charge in [-0.3, -0.25) is 9.89 Å². The van der Waals surface area contributed by atoms with Crippen LogP contribution in [0.15, 0.2) is 30.3 Å². The number of benzene rings is 2. The number of hydrogen-bond acceptors (Lipinski definition) is 5. The van der Waals surface area contributed by atoms with E-state index < -0.39 is 0 Å². The zero-order valence-corrected chi connectivity index (χ0v) is 14.7. The predicted molar refractivity (Wildman–Crippen MR) is 98.5 cm³/mol. The van der Waals surface area contributed by atoms with E-state index >= 15 is 0 Å². The van der Waals surface area contributed by atoms with E-state index in [4.69, 9.17) is 4.74 Å². The van der Waals surface area contributed by atoms with Crippen molar-refractivity contribution in [3.8, 4) is 11.5 Å². The van der Waals surface area contributed by atoms with Crippen molar-refractivity contribution < 1.29 is 14.6 Å². The fourth-order valence-corrected chi connectivity index (χ4v) is 3.34. The second kappa shape index (κ2) is 6.25. The predicted octanol–water partition coefficient (Wildman–Crippen LogP) is 2.86. The highest BCUT2D eigenvalue weighted by molar-refractivity contribution is 6.03. The van der Waals surface area contributed by atoms with Crippen LogP contribution < -0.4 is 10.1 Å². The summed E-state index contributed by atoms with van der Waals surface area (Å²) < 4.78 is 5.25. The summed E-state index contributed by atoms with van der Waals surface area (Å²) in [6, 6.07) is 9.06. The fourth-order valence-electron chi connectivity index (χ4n) is 3.34. The number of hydrogen-bond donors (Lipinski definition) is 3. The Bertz CT molecular complexity index is 996. The van der Waals surface area contributed by atoms with Gasteiger partial charge in [0.2, 0.25) is 0 Å². The van der Waals surface area contributed by atoms with Gasteiger partial charge in [-0.05, 0) is 36.2 Å². The molecule has 0 unspecified atom stereocenters. The van der Waals surface area contributed by atoms with Gasteiger partial charge in [-0.25, -0.2) is 0 Å². The molecule has 134 valence electrons. The SMILES string of the molecule is CCNc1n[nH]c2cc(O)c(C(=O)N3Cc4ccc(OC)cc4C3)cc12. The molecule has 0 fully saturated rings. The molecule has 4 rings (SSSR count). The summed E-state index contributed by atoms with van der Waals surface area (Å²) in [5.41, 5.74) is 3.12. The van der Waals surface area contributed by atoms with Crippen LogP contribution in [-0.2, 0) is 13.1 Å². The Morgan fingerprint density at radius 1 is 1.31 bits per heavy atom. The maximum atomic E-state index is 13.0. The first-order chi connectivity index (χ1) is 12.6. The number of amides is 1. The lowest BCUT2D eigenvalue weighted by Gasteiger charge is -2.16. The van der Waals surface area contributed by atoms with E-state index in [1.807, 2.05) is 25.1 Å². The number of aromatic nitrogens is 2. The molecule has 1 amide bonds. The molecule has 2 heterocycles. The van der Waals surface area contributed by atoms with Crippen LogP contribution in [0, 0.1) is 0 Å². The molecule has 2 aromatic carbocycles. The Morgan fingerprint density at radius 2 is 2.12 bits per heavy atom. The Kier molecular flexibility index (Phi) is 3.91. The van der Waals surface area contributed by atoms with Gasteiger partial charge in [0.15, 0.2) is 5.82 Å². The smallest absolute Gasteiger partial charge is 0.258 e. The summed E-state index contributed by atoms with van der Waals surface area (Å²) in [5, 5.41) is 21.3. The highest BCUT2D eigenvalue weighted by Crippen LogP contribution is 2.32. The molecule has 7 nitrogen and oxygen atoms in total. The third kappa shape index (κ3) is 2.61. The van der Waals surface area contributed by atoms with Crippen molar-refractivity contribution in [2.45, 2.75) is 20.0 Å². The second-order valence-corrected chi connectivity index (χ2v) is 6.31. The number of phenols is 1. The first-order valence-corrected chi connectivity index (χ1v) is 8.50. The molecule has 0 bridgehead atoms. The van der Waals surface area contributed by atoms with Crippen LogP contribution in [-0.4, -0.2) is 39.8 Å². The van der Waals surface area contributed by atoms with Crippen LogP contribution in [0.4, 0.5) is 5.82 Å². The lowest BCUT2D eigenvalue weighted by molar-refractivity contribution is 0.0748. The Labute approximate surface area is 150 Å². The van der Waals surface area contributed by atoms with Gasteiger partial charge in [-0.1, -0.05) is 6.07 Å².